The topological polar surface area (TPSA) is 91.1 Å². The first kappa shape index (κ1) is 27.8. The number of hydrogen-bond acceptors (Lipinski definition) is 8. The summed E-state index contributed by atoms with van der Waals surface area (Å²) in [5.74, 6) is 2.95. The van der Waals surface area contributed by atoms with Gasteiger partial charge in [0.15, 0.2) is 0 Å². The van der Waals surface area contributed by atoms with Crippen molar-refractivity contribution >= 4 is 29.0 Å². The molecular weight excluding hydrogens is 538 g/mol. The number of likely N-dealkylation sites (N-methyl/N-ethyl adjacent to an activating group) is 1. The second-order valence-corrected chi connectivity index (χ2v) is 11.7. The number of nitrogens with one attached hydrogen (secondary N) is 1. The van der Waals surface area contributed by atoms with Gasteiger partial charge in [-0.1, -0.05) is 11.6 Å². The average Bonchev–Trinajstić information content (AvgIpc) is 3.42. The van der Waals surface area contributed by atoms with Gasteiger partial charge in [0.05, 0.1) is 24.4 Å². The molecule has 216 valence electrons. The summed E-state index contributed by atoms with van der Waals surface area (Å²) in [6.07, 6.45) is 11.5. The summed E-state index contributed by atoms with van der Waals surface area (Å²) in [5.41, 5.74) is 4.51. The molecule has 3 aromatic heterocycles. The summed E-state index contributed by atoms with van der Waals surface area (Å²) in [4.78, 5) is 18.9. The van der Waals surface area contributed by atoms with Crippen LogP contribution in [0.4, 0.5) is 11.8 Å². The smallest absolute Gasteiger partial charge is 0.224 e. The number of halogens is 1. The van der Waals surface area contributed by atoms with E-state index in [4.69, 9.17) is 26.3 Å². The normalized spacial score (nSPS) is 20.0. The molecule has 0 atom stereocenters. The maximum Gasteiger partial charge on any atom is 0.224 e. The lowest BCUT2D eigenvalue weighted by molar-refractivity contribution is 0.281. The number of aliphatic hydroxyl groups excluding tert-OH is 1. The minimum atomic E-state index is -0.118. The fourth-order valence-electron chi connectivity index (χ4n) is 6.06. The van der Waals surface area contributed by atoms with Crippen LogP contribution in [-0.4, -0.2) is 75.7 Å². The Hall–Kier alpha value is -3.40. The lowest BCUT2D eigenvalue weighted by Gasteiger charge is -2.33. The molecular formula is C31H38ClN7O2. The first-order valence-electron chi connectivity index (χ1n) is 14.5. The lowest BCUT2D eigenvalue weighted by atomic mass is 9.82. The van der Waals surface area contributed by atoms with Crippen molar-refractivity contribution in [3.63, 3.8) is 0 Å². The van der Waals surface area contributed by atoms with Crippen LogP contribution in [0.15, 0.2) is 48.9 Å². The Kier molecular flexibility index (Phi) is 8.27. The zero-order valence-corrected chi connectivity index (χ0v) is 24.5. The molecule has 0 spiro atoms. The Labute approximate surface area is 246 Å². The molecule has 41 heavy (non-hydrogen) atoms. The minimum absolute atomic E-state index is 0.118. The van der Waals surface area contributed by atoms with Gasteiger partial charge < -0.3 is 29.4 Å². The van der Waals surface area contributed by atoms with E-state index in [1.807, 2.05) is 28.9 Å². The van der Waals surface area contributed by atoms with Crippen LogP contribution in [0, 0.1) is 5.92 Å². The number of aliphatic hydroxyl groups is 1. The number of pyridine rings is 1. The number of piperazine rings is 1. The van der Waals surface area contributed by atoms with Crippen LogP contribution in [-0.2, 0) is 13.0 Å². The van der Waals surface area contributed by atoms with Gasteiger partial charge in [-0.15, -0.1) is 0 Å². The predicted octanol–water partition coefficient (Wildman–Crippen LogP) is 4.91. The van der Waals surface area contributed by atoms with E-state index >= 15 is 0 Å². The molecule has 0 amide bonds. The quantitative estimate of drug-likeness (QED) is 0.306. The maximum atomic E-state index is 9.92. The van der Waals surface area contributed by atoms with Gasteiger partial charge in [-0.3, -0.25) is 0 Å². The highest BCUT2D eigenvalue weighted by Crippen LogP contribution is 2.34. The van der Waals surface area contributed by atoms with Crippen molar-refractivity contribution in [2.24, 2.45) is 5.92 Å². The second-order valence-electron chi connectivity index (χ2n) is 11.3. The van der Waals surface area contributed by atoms with E-state index in [1.165, 1.54) is 18.4 Å². The molecule has 4 aromatic rings. The molecule has 2 N–H and O–H groups in total. The Morgan fingerprint density at radius 1 is 1.05 bits per heavy atom. The van der Waals surface area contributed by atoms with Crippen molar-refractivity contribution in [2.45, 2.75) is 44.8 Å². The van der Waals surface area contributed by atoms with E-state index in [1.54, 1.807) is 13.2 Å². The lowest BCUT2D eigenvalue weighted by Crippen LogP contribution is -2.44. The molecule has 9 nitrogen and oxygen atoms in total. The standard InChI is InChI=1S/C31H38ClN7O2/c1-37-11-13-38(14-12-37)29-7-9-33-31(36-29)34-24-5-3-21(4-6-24)15-22-8-10-39-19-27(35-30(39)16-22)25-18-26(32)28(41-2)17-23(25)20-40/h7-10,16-19,21,24,40H,3-6,11-15,20H2,1-2H3,(H,33,34,36). The number of imidazole rings is 1. The first-order valence-corrected chi connectivity index (χ1v) is 14.8. The third kappa shape index (κ3) is 6.27. The zero-order chi connectivity index (χ0) is 28.3. The van der Waals surface area contributed by atoms with E-state index in [2.05, 4.69) is 45.5 Å². The summed E-state index contributed by atoms with van der Waals surface area (Å²) in [6, 6.07) is 10.4. The highest BCUT2D eigenvalue weighted by Gasteiger charge is 2.23. The molecule has 0 unspecified atom stereocenters. The number of ether oxygens (including phenoxy) is 1. The van der Waals surface area contributed by atoms with Crippen LogP contribution in [0.25, 0.3) is 16.9 Å². The predicted molar refractivity (Wildman–Crippen MR) is 163 cm³/mol. The third-order valence-corrected chi connectivity index (χ3v) is 8.82. The molecule has 1 aromatic carbocycles. The molecule has 2 aliphatic rings. The van der Waals surface area contributed by atoms with Crippen molar-refractivity contribution in [2.75, 3.05) is 50.6 Å². The summed E-state index contributed by atoms with van der Waals surface area (Å²) < 4.78 is 7.33. The Morgan fingerprint density at radius 2 is 1.85 bits per heavy atom. The maximum absolute atomic E-state index is 9.92. The zero-order valence-electron chi connectivity index (χ0n) is 23.8. The van der Waals surface area contributed by atoms with E-state index < -0.39 is 0 Å². The van der Waals surface area contributed by atoms with E-state index in [-0.39, 0.29) is 6.61 Å². The van der Waals surface area contributed by atoms with Gasteiger partial charge in [-0.05, 0) is 86.5 Å². The molecule has 10 heteroatoms. The molecule has 6 rings (SSSR count). The van der Waals surface area contributed by atoms with Gasteiger partial charge in [0.25, 0.3) is 0 Å². The van der Waals surface area contributed by atoms with Crippen LogP contribution < -0.4 is 15.0 Å². The molecule has 0 bridgehead atoms. The van der Waals surface area contributed by atoms with Crippen molar-refractivity contribution < 1.29 is 9.84 Å². The summed E-state index contributed by atoms with van der Waals surface area (Å²) >= 11 is 6.38. The molecule has 1 saturated heterocycles. The largest absolute Gasteiger partial charge is 0.495 e. The average molecular weight is 576 g/mol. The number of methoxy groups -OCH3 is 1. The van der Waals surface area contributed by atoms with Gasteiger partial charge in [-0.25, -0.2) is 9.97 Å². The molecule has 4 heterocycles. The van der Waals surface area contributed by atoms with Gasteiger partial charge in [0, 0.05) is 56.4 Å². The number of hydrogen-bond donors (Lipinski definition) is 2. The Balaban J connectivity index is 1.07. The van der Waals surface area contributed by atoms with Crippen molar-refractivity contribution in [3.05, 3.63) is 65.1 Å². The molecule has 1 saturated carbocycles. The van der Waals surface area contributed by atoms with Crippen molar-refractivity contribution in [3.8, 4) is 17.0 Å². The van der Waals surface area contributed by atoms with Crippen LogP contribution in [0.3, 0.4) is 0 Å². The number of anilines is 2. The fourth-order valence-corrected chi connectivity index (χ4v) is 6.30. The number of benzene rings is 1. The van der Waals surface area contributed by atoms with Gasteiger partial charge >= 0.3 is 0 Å². The number of rotatable bonds is 8. The van der Waals surface area contributed by atoms with Crippen LogP contribution in [0.5, 0.6) is 5.75 Å². The van der Waals surface area contributed by atoms with Crippen LogP contribution >= 0.6 is 11.6 Å². The number of nitrogens with zero attached hydrogens (tertiary/aromatic N) is 6. The highest BCUT2D eigenvalue weighted by molar-refractivity contribution is 6.32. The third-order valence-electron chi connectivity index (χ3n) is 8.52. The highest BCUT2D eigenvalue weighted by atomic mass is 35.5. The molecule has 2 fully saturated rings. The van der Waals surface area contributed by atoms with Crippen LogP contribution in [0.1, 0.15) is 36.8 Å². The van der Waals surface area contributed by atoms with Crippen molar-refractivity contribution in [1.82, 2.24) is 24.3 Å². The van der Waals surface area contributed by atoms with E-state index in [9.17, 15) is 5.11 Å². The summed E-state index contributed by atoms with van der Waals surface area (Å²) in [6.45, 7) is 4.02. The fraction of sp³-hybridized carbons (Fsp3) is 0.452. The van der Waals surface area contributed by atoms with Crippen molar-refractivity contribution in [1.29, 1.82) is 0 Å². The first-order chi connectivity index (χ1) is 20.0. The monoisotopic (exact) mass is 575 g/mol. The Morgan fingerprint density at radius 3 is 2.61 bits per heavy atom. The van der Waals surface area contributed by atoms with E-state index in [0.29, 0.717) is 22.7 Å². The molecule has 1 aliphatic carbocycles. The van der Waals surface area contributed by atoms with Gasteiger partial charge in [0.2, 0.25) is 5.95 Å². The van der Waals surface area contributed by atoms with Gasteiger partial charge in [0.1, 0.15) is 17.2 Å². The SMILES string of the molecule is COc1cc(CO)c(-c2cn3ccc(CC4CCC(Nc5nccc(N6CCN(C)CC6)n5)CC4)cc3n2)cc1Cl. The van der Waals surface area contributed by atoms with Crippen LogP contribution in [0.2, 0.25) is 5.02 Å². The summed E-state index contributed by atoms with van der Waals surface area (Å²) in [7, 11) is 3.74. The second kappa shape index (κ2) is 12.2. The molecule has 1 aliphatic heterocycles. The number of aromatic nitrogens is 4. The van der Waals surface area contributed by atoms with Gasteiger partial charge in [-0.2, -0.15) is 4.98 Å². The summed E-state index contributed by atoms with van der Waals surface area (Å²) in [5, 5.41) is 14.0. The molecule has 0 radical (unpaired) electrons. The number of fused-ring (bicyclic) bond motifs is 1. The van der Waals surface area contributed by atoms with E-state index in [0.717, 1.165) is 79.7 Å². The minimum Gasteiger partial charge on any atom is -0.495 e. The Bertz CT molecular complexity index is 1490.